The van der Waals surface area contributed by atoms with E-state index in [9.17, 15) is 4.79 Å². The highest BCUT2D eigenvalue weighted by Gasteiger charge is 2.53. The molecular formula is C16H17NOS. The fourth-order valence-electron chi connectivity index (χ4n) is 3.23. The fourth-order valence-corrected chi connectivity index (χ4v) is 4.20. The molecule has 1 aliphatic carbocycles. The number of benzene rings is 1. The molecule has 98 valence electrons. The van der Waals surface area contributed by atoms with Gasteiger partial charge in [-0.15, -0.1) is 11.8 Å². The third-order valence-corrected chi connectivity index (χ3v) is 4.74. The van der Waals surface area contributed by atoms with Crippen LogP contribution in [-0.4, -0.2) is 22.6 Å². The van der Waals surface area contributed by atoms with Crippen molar-refractivity contribution >= 4 is 28.7 Å². The van der Waals surface area contributed by atoms with Crippen LogP contribution in [0.15, 0.2) is 35.3 Å². The Labute approximate surface area is 118 Å². The summed E-state index contributed by atoms with van der Waals surface area (Å²) >= 11 is 1.60. The van der Waals surface area contributed by atoms with Gasteiger partial charge in [0, 0.05) is 0 Å². The van der Waals surface area contributed by atoms with Crippen molar-refractivity contribution in [2.45, 2.75) is 31.2 Å². The number of thioether (sulfide) groups is 1. The minimum Gasteiger partial charge on any atom is -0.293 e. The van der Waals surface area contributed by atoms with Crippen LogP contribution in [0.4, 0.5) is 0 Å². The molecule has 1 spiro atoms. The van der Waals surface area contributed by atoms with Crippen molar-refractivity contribution in [3.63, 3.8) is 0 Å². The number of fused-ring (bicyclic) bond motifs is 2. The Hall–Kier alpha value is -1.35. The summed E-state index contributed by atoms with van der Waals surface area (Å²) in [6, 6.07) is 8.17. The quantitative estimate of drug-likeness (QED) is 0.723. The summed E-state index contributed by atoms with van der Waals surface area (Å²) in [6.07, 6.45) is 6.41. The Kier molecular flexibility index (Phi) is 2.72. The second-order valence-electron chi connectivity index (χ2n) is 5.80. The first kappa shape index (κ1) is 12.7. The van der Waals surface area contributed by atoms with E-state index in [1.807, 2.05) is 24.5 Å². The standard InChI is InChI=1S/C16H17NOS/c1-15(2)10-16(14(17-15)19-3)12-7-5-4-6-11(12)8-9-13(16)18/h4-9H,10H2,1-3H3/t16-/m1/s1. The van der Waals surface area contributed by atoms with Gasteiger partial charge >= 0.3 is 0 Å². The van der Waals surface area contributed by atoms with E-state index in [4.69, 9.17) is 4.99 Å². The summed E-state index contributed by atoms with van der Waals surface area (Å²) in [4.78, 5) is 17.4. The van der Waals surface area contributed by atoms with Crippen molar-refractivity contribution in [1.82, 2.24) is 0 Å². The van der Waals surface area contributed by atoms with E-state index < -0.39 is 5.41 Å². The SMILES string of the molecule is CSC1=NC(C)(C)C[C@@]12C(=O)C=Cc1ccccc12. The van der Waals surface area contributed by atoms with Gasteiger partial charge in [0.2, 0.25) is 0 Å². The number of carbonyl (C=O) groups excluding carboxylic acids is 1. The summed E-state index contributed by atoms with van der Waals surface area (Å²) in [5, 5.41) is 0.958. The number of hydrogen-bond acceptors (Lipinski definition) is 3. The average molecular weight is 271 g/mol. The van der Waals surface area contributed by atoms with Crippen LogP contribution in [0, 0.1) is 0 Å². The second-order valence-corrected chi connectivity index (χ2v) is 6.60. The Morgan fingerprint density at radius 1 is 1.21 bits per heavy atom. The summed E-state index contributed by atoms with van der Waals surface area (Å²) in [6.45, 7) is 4.21. The molecule has 3 rings (SSSR count). The van der Waals surface area contributed by atoms with Crippen molar-refractivity contribution in [3.8, 4) is 0 Å². The highest BCUT2D eigenvalue weighted by atomic mass is 32.2. The molecule has 0 unspecified atom stereocenters. The smallest absolute Gasteiger partial charge is 0.172 e. The van der Waals surface area contributed by atoms with Gasteiger partial charge in [0.05, 0.1) is 10.6 Å². The van der Waals surface area contributed by atoms with Gasteiger partial charge < -0.3 is 0 Å². The van der Waals surface area contributed by atoms with E-state index in [1.165, 1.54) is 0 Å². The summed E-state index contributed by atoms with van der Waals surface area (Å²) in [5.74, 6) is 0.171. The summed E-state index contributed by atoms with van der Waals surface area (Å²) < 4.78 is 0. The number of ketones is 1. The molecular weight excluding hydrogens is 254 g/mol. The zero-order chi connectivity index (χ0) is 13.7. The molecule has 0 amide bonds. The lowest BCUT2D eigenvalue weighted by Gasteiger charge is -2.33. The minimum atomic E-state index is -0.547. The maximum Gasteiger partial charge on any atom is 0.172 e. The largest absolute Gasteiger partial charge is 0.293 e. The number of carbonyl (C=O) groups is 1. The molecule has 0 N–H and O–H groups in total. The van der Waals surface area contributed by atoms with Gasteiger partial charge in [-0.05, 0) is 43.7 Å². The van der Waals surface area contributed by atoms with Gasteiger partial charge in [-0.1, -0.05) is 30.3 Å². The number of allylic oxidation sites excluding steroid dienone is 1. The average Bonchev–Trinajstić information content (AvgIpc) is 2.67. The number of aliphatic imine (C=N–C) groups is 1. The predicted molar refractivity (Wildman–Crippen MR) is 81.8 cm³/mol. The van der Waals surface area contributed by atoms with E-state index in [1.54, 1.807) is 17.8 Å². The van der Waals surface area contributed by atoms with E-state index >= 15 is 0 Å². The second kappa shape index (κ2) is 4.07. The lowest BCUT2D eigenvalue weighted by Crippen LogP contribution is -2.42. The highest BCUT2D eigenvalue weighted by Crippen LogP contribution is 2.48. The Bertz CT molecular complexity index is 615. The monoisotopic (exact) mass is 271 g/mol. The van der Waals surface area contributed by atoms with Gasteiger partial charge in [-0.3, -0.25) is 9.79 Å². The molecule has 0 fully saturated rings. The zero-order valence-corrected chi connectivity index (χ0v) is 12.3. The van der Waals surface area contributed by atoms with E-state index in [0.717, 1.165) is 22.6 Å². The fraction of sp³-hybridized carbons (Fsp3) is 0.375. The van der Waals surface area contributed by atoms with Crippen LogP contribution in [0.2, 0.25) is 0 Å². The minimum absolute atomic E-state index is 0.171. The van der Waals surface area contributed by atoms with Crippen molar-refractivity contribution in [2.24, 2.45) is 4.99 Å². The molecule has 1 aromatic carbocycles. The van der Waals surface area contributed by atoms with Gasteiger partial charge in [0.15, 0.2) is 5.78 Å². The third kappa shape index (κ3) is 1.71. The Balaban J connectivity index is 2.27. The Morgan fingerprint density at radius 2 is 1.95 bits per heavy atom. The van der Waals surface area contributed by atoms with Crippen molar-refractivity contribution in [1.29, 1.82) is 0 Å². The van der Waals surface area contributed by atoms with E-state index in [-0.39, 0.29) is 11.3 Å². The van der Waals surface area contributed by atoms with Gasteiger partial charge in [-0.2, -0.15) is 0 Å². The van der Waals surface area contributed by atoms with Crippen LogP contribution in [-0.2, 0) is 10.2 Å². The van der Waals surface area contributed by atoms with Crippen molar-refractivity contribution in [2.75, 3.05) is 6.26 Å². The van der Waals surface area contributed by atoms with Gasteiger partial charge in [-0.25, -0.2) is 0 Å². The molecule has 1 heterocycles. The van der Waals surface area contributed by atoms with E-state index in [2.05, 4.69) is 26.0 Å². The number of nitrogens with zero attached hydrogens (tertiary/aromatic N) is 1. The van der Waals surface area contributed by atoms with Crippen molar-refractivity contribution < 1.29 is 4.79 Å². The van der Waals surface area contributed by atoms with Crippen LogP contribution in [0.25, 0.3) is 6.08 Å². The third-order valence-electron chi connectivity index (χ3n) is 3.92. The van der Waals surface area contributed by atoms with Crippen LogP contribution >= 0.6 is 11.8 Å². The van der Waals surface area contributed by atoms with Crippen LogP contribution in [0.1, 0.15) is 31.4 Å². The first-order valence-electron chi connectivity index (χ1n) is 6.46. The topological polar surface area (TPSA) is 29.4 Å². The lowest BCUT2D eigenvalue weighted by molar-refractivity contribution is -0.117. The summed E-state index contributed by atoms with van der Waals surface area (Å²) in [7, 11) is 0. The van der Waals surface area contributed by atoms with Crippen LogP contribution < -0.4 is 0 Å². The van der Waals surface area contributed by atoms with Crippen LogP contribution in [0.5, 0.6) is 0 Å². The number of rotatable bonds is 0. The van der Waals surface area contributed by atoms with Crippen molar-refractivity contribution in [3.05, 3.63) is 41.5 Å². The molecule has 2 aliphatic rings. The zero-order valence-electron chi connectivity index (χ0n) is 11.4. The first-order valence-corrected chi connectivity index (χ1v) is 7.68. The maximum absolute atomic E-state index is 12.7. The molecule has 2 nitrogen and oxygen atoms in total. The lowest BCUT2D eigenvalue weighted by atomic mass is 9.68. The highest BCUT2D eigenvalue weighted by molar-refractivity contribution is 8.13. The Morgan fingerprint density at radius 3 is 2.68 bits per heavy atom. The number of hydrogen-bond donors (Lipinski definition) is 0. The molecule has 1 aromatic rings. The molecule has 0 aromatic heterocycles. The molecule has 1 aliphatic heterocycles. The summed E-state index contributed by atoms with van der Waals surface area (Å²) in [5.41, 5.74) is 1.53. The molecule has 1 atom stereocenters. The van der Waals surface area contributed by atoms with Gasteiger partial charge in [0.25, 0.3) is 0 Å². The molecule has 3 heteroatoms. The van der Waals surface area contributed by atoms with E-state index in [0.29, 0.717) is 0 Å². The first-order chi connectivity index (χ1) is 8.99. The van der Waals surface area contributed by atoms with Gasteiger partial charge in [0.1, 0.15) is 5.41 Å². The predicted octanol–water partition coefficient (Wildman–Crippen LogP) is 3.46. The van der Waals surface area contributed by atoms with Crippen LogP contribution in [0.3, 0.4) is 0 Å². The molecule has 0 bridgehead atoms. The molecule has 0 radical (unpaired) electrons. The maximum atomic E-state index is 12.7. The molecule has 0 saturated carbocycles. The normalized spacial score (nSPS) is 27.5. The molecule has 0 saturated heterocycles. The molecule has 19 heavy (non-hydrogen) atoms.